The van der Waals surface area contributed by atoms with Crippen LogP contribution in [-0.2, 0) is 17.3 Å². The molecule has 0 amide bonds. The summed E-state index contributed by atoms with van der Waals surface area (Å²) in [5.41, 5.74) is 1.58. The van der Waals surface area contributed by atoms with Gasteiger partial charge in [-0.05, 0) is 62.4 Å². The van der Waals surface area contributed by atoms with Gasteiger partial charge in [0.2, 0.25) is 0 Å². The molecule has 0 heterocycles. The van der Waals surface area contributed by atoms with Gasteiger partial charge >= 0.3 is 12.1 Å². The summed E-state index contributed by atoms with van der Waals surface area (Å²) in [5.74, 6) is -0.514. The Labute approximate surface area is 198 Å². The third-order valence-corrected chi connectivity index (χ3v) is 5.40. The second kappa shape index (κ2) is 11.8. The van der Waals surface area contributed by atoms with Crippen LogP contribution in [0.3, 0.4) is 0 Å². The number of allylic oxidation sites excluding steroid dienone is 2. The van der Waals surface area contributed by atoms with E-state index in [1.807, 2.05) is 33.8 Å². The highest BCUT2D eigenvalue weighted by Gasteiger charge is 2.30. The molecule has 0 fully saturated rings. The molecular weight excluding hydrogens is 445 g/mol. The fraction of sp³-hybridized carbons (Fsp3) is 0.370. The van der Waals surface area contributed by atoms with Gasteiger partial charge in [0.1, 0.15) is 17.1 Å². The van der Waals surface area contributed by atoms with Gasteiger partial charge < -0.3 is 14.6 Å². The SMILES string of the molecule is CCC(CC)Oc1cc(/C=C/c2ccc(C(F)(F)F)cc2)c(C(=O)OC)c(O)c1CC=C(C)C. The summed E-state index contributed by atoms with van der Waals surface area (Å²) in [6.45, 7) is 7.86. The van der Waals surface area contributed by atoms with Gasteiger partial charge in [0.15, 0.2) is 0 Å². The second-order valence-electron chi connectivity index (χ2n) is 8.15. The average Bonchev–Trinajstić information content (AvgIpc) is 2.79. The zero-order chi connectivity index (χ0) is 25.5. The zero-order valence-corrected chi connectivity index (χ0v) is 20.1. The van der Waals surface area contributed by atoms with E-state index in [0.717, 1.165) is 30.5 Å². The number of esters is 1. The molecule has 0 saturated heterocycles. The number of phenols is 1. The molecule has 0 atom stereocenters. The molecular formula is C27H31F3O4. The number of benzene rings is 2. The monoisotopic (exact) mass is 476 g/mol. The van der Waals surface area contributed by atoms with E-state index in [9.17, 15) is 23.1 Å². The Kier molecular flexibility index (Phi) is 9.36. The Morgan fingerprint density at radius 3 is 2.21 bits per heavy atom. The Hall–Kier alpha value is -3.22. The number of ether oxygens (including phenoxy) is 2. The summed E-state index contributed by atoms with van der Waals surface area (Å²) in [7, 11) is 1.22. The highest BCUT2D eigenvalue weighted by molar-refractivity contribution is 5.98. The van der Waals surface area contributed by atoms with Crippen molar-refractivity contribution < 1.29 is 32.5 Å². The van der Waals surface area contributed by atoms with Crippen molar-refractivity contribution >= 4 is 18.1 Å². The number of methoxy groups -OCH3 is 1. The van der Waals surface area contributed by atoms with Crippen LogP contribution in [0.5, 0.6) is 11.5 Å². The summed E-state index contributed by atoms with van der Waals surface area (Å²) in [6.07, 6.45) is 2.42. The van der Waals surface area contributed by atoms with Crippen molar-refractivity contribution in [2.24, 2.45) is 0 Å². The average molecular weight is 477 g/mol. The van der Waals surface area contributed by atoms with E-state index in [-0.39, 0.29) is 17.4 Å². The van der Waals surface area contributed by atoms with E-state index < -0.39 is 17.7 Å². The molecule has 34 heavy (non-hydrogen) atoms. The number of phenolic OH excluding ortho intramolecular Hbond substituents is 1. The van der Waals surface area contributed by atoms with Gasteiger partial charge in [0, 0.05) is 5.56 Å². The number of hydrogen-bond acceptors (Lipinski definition) is 4. The first-order chi connectivity index (χ1) is 16.0. The van der Waals surface area contributed by atoms with E-state index in [2.05, 4.69) is 0 Å². The molecule has 0 saturated carbocycles. The maximum Gasteiger partial charge on any atom is 0.416 e. The molecule has 2 aromatic rings. The molecule has 0 radical (unpaired) electrons. The molecule has 0 aliphatic rings. The molecule has 0 aromatic heterocycles. The zero-order valence-electron chi connectivity index (χ0n) is 20.1. The fourth-order valence-electron chi connectivity index (χ4n) is 3.37. The molecule has 1 N–H and O–H groups in total. The molecule has 2 aromatic carbocycles. The maximum absolute atomic E-state index is 12.8. The van der Waals surface area contributed by atoms with Crippen molar-refractivity contribution in [1.29, 1.82) is 0 Å². The lowest BCUT2D eigenvalue weighted by molar-refractivity contribution is -0.137. The highest BCUT2D eigenvalue weighted by Crippen LogP contribution is 2.38. The number of carbonyl (C=O) groups excluding carboxylic acids is 1. The van der Waals surface area contributed by atoms with Crippen LogP contribution in [0.4, 0.5) is 13.2 Å². The van der Waals surface area contributed by atoms with E-state index in [1.165, 1.54) is 19.2 Å². The number of carbonyl (C=O) groups is 1. The largest absolute Gasteiger partial charge is 0.507 e. The standard InChI is InChI=1S/C27H31F3O4/c1-6-21(7-2)34-23-16-19(12-9-18-10-13-20(14-11-18)27(28,29)30)24(26(32)33-5)25(31)22(23)15-8-17(3)4/h8-14,16,21,31H,6-7,15H2,1-5H3/b12-9+. The molecule has 4 nitrogen and oxygen atoms in total. The van der Waals surface area contributed by atoms with Crippen molar-refractivity contribution in [3.63, 3.8) is 0 Å². The first kappa shape index (κ1) is 27.0. The maximum atomic E-state index is 12.8. The summed E-state index contributed by atoms with van der Waals surface area (Å²) < 4.78 is 49.6. The van der Waals surface area contributed by atoms with Gasteiger partial charge in [0.05, 0.1) is 18.8 Å². The van der Waals surface area contributed by atoms with Crippen LogP contribution in [-0.4, -0.2) is 24.3 Å². The number of halogens is 3. The van der Waals surface area contributed by atoms with Gasteiger partial charge in [-0.25, -0.2) is 4.79 Å². The predicted molar refractivity (Wildman–Crippen MR) is 128 cm³/mol. The normalized spacial score (nSPS) is 11.7. The van der Waals surface area contributed by atoms with Crippen molar-refractivity contribution in [2.75, 3.05) is 7.11 Å². The fourth-order valence-corrected chi connectivity index (χ4v) is 3.37. The summed E-state index contributed by atoms with van der Waals surface area (Å²) in [6, 6.07) is 6.31. The third kappa shape index (κ3) is 6.89. The number of aromatic hydroxyl groups is 1. The summed E-state index contributed by atoms with van der Waals surface area (Å²) >= 11 is 0. The third-order valence-electron chi connectivity index (χ3n) is 5.40. The molecule has 0 aliphatic carbocycles. The topological polar surface area (TPSA) is 55.8 Å². The van der Waals surface area contributed by atoms with Gasteiger partial charge in [0.25, 0.3) is 0 Å². The van der Waals surface area contributed by atoms with Crippen LogP contribution in [0.1, 0.15) is 73.1 Å². The van der Waals surface area contributed by atoms with Crippen LogP contribution >= 0.6 is 0 Å². The van der Waals surface area contributed by atoms with Gasteiger partial charge in [-0.15, -0.1) is 0 Å². The Bertz CT molecular complexity index is 1040. The highest BCUT2D eigenvalue weighted by atomic mass is 19.4. The Balaban J connectivity index is 2.62. The van der Waals surface area contributed by atoms with E-state index in [1.54, 1.807) is 18.2 Å². The second-order valence-corrected chi connectivity index (χ2v) is 8.15. The van der Waals surface area contributed by atoms with Crippen molar-refractivity contribution in [1.82, 2.24) is 0 Å². The minimum absolute atomic E-state index is 0.0280. The molecule has 184 valence electrons. The molecule has 0 spiro atoms. The van der Waals surface area contributed by atoms with E-state index in [0.29, 0.717) is 28.9 Å². The van der Waals surface area contributed by atoms with Crippen LogP contribution < -0.4 is 4.74 Å². The quantitative estimate of drug-likeness (QED) is 0.232. The van der Waals surface area contributed by atoms with Gasteiger partial charge in [-0.1, -0.05) is 49.8 Å². The lowest BCUT2D eigenvalue weighted by Gasteiger charge is -2.21. The lowest BCUT2D eigenvalue weighted by atomic mass is 9.97. The van der Waals surface area contributed by atoms with Crippen LogP contribution in [0, 0.1) is 0 Å². The number of alkyl halides is 3. The van der Waals surface area contributed by atoms with Gasteiger partial charge in [-0.3, -0.25) is 0 Å². The molecule has 2 rings (SSSR count). The Morgan fingerprint density at radius 1 is 1.09 bits per heavy atom. The predicted octanol–water partition coefficient (Wildman–Crippen LogP) is 7.44. The van der Waals surface area contributed by atoms with E-state index >= 15 is 0 Å². The molecule has 0 bridgehead atoms. The van der Waals surface area contributed by atoms with Crippen molar-refractivity contribution in [2.45, 2.75) is 59.2 Å². The Morgan fingerprint density at radius 2 is 1.71 bits per heavy atom. The molecule has 7 heteroatoms. The van der Waals surface area contributed by atoms with Crippen molar-refractivity contribution in [3.05, 3.63) is 69.8 Å². The van der Waals surface area contributed by atoms with Gasteiger partial charge in [-0.2, -0.15) is 13.2 Å². The first-order valence-electron chi connectivity index (χ1n) is 11.1. The lowest BCUT2D eigenvalue weighted by Crippen LogP contribution is -2.16. The molecule has 0 unspecified atom stereocenters. The van der Waals surface area contributed by atoms with Crippen LogP contribution in [0.2, 0.25) is 0 Å². The minimum atomic E-state index is -4.42. The van der Waals surface area contributed by atoms with Crippen LogP contribution in [0.15, 0.2) is 42.0 Å². The minimum Gasteiger partial charge on any atom is -0.507 e. The molecule has 0 aliphatic heterocycles. The number of hydrogen-bond donors (Lipinski definition) is 1. The summed E-state index contributed by atoms with van der Waals surface area (Å²) in [5, 5.41) is 11.1. The van der Waals surface area contributed by atoms with E-state index in [4.69, 9.17) is 9.47 Å². The number of rotatable bonds is 9. The van der Waals surface area contributed by atoms with Crippen molar-refractivity contribution in [3.8, 4) is 11.5 Å². The first-order valence-corrected chi connectivity index (χ1v) is 11.1. The summed E-state index contributed by atoms with van der Waals surface area (Å²) in [4.78, 5) is 12.6. The smallest absolute Gasteiger partial charge is 0.416 e. The van der Waals surface area contributed by atoms with Crippen LogP contribution in [0.25, 0.3) is 12.2 Å².